The van der Waals surface area contributed by atoms with Crippen LogP contribution in [0.5, 0.6) is 0 Å². The Morgan fingerprint density at radius 2 is 1.35 bits per heavy atom. The second-order valence-electron chi connectivity index (χ2n) is 10.6. The van der Waals surface area contributed by atoms with Crippen LogP contribution in [0.1, 0.15) is 52.7 Å². The lowest BCUT2D eigenvalue weighted by Gasteiger charge is -2.45. The number of aromatic nitrogens is 1. The maximum absolute atomic E-state index is 4.82. The number of hydrogen-bond acceptors (Lipinski definition) is 1. The highest BCUT2D eigenvalue weighted by atomic mass is 32.3. The van der Waals surface area contributed by atoms with E-state index >= 15 is 0 Å². The van der Waals surface area contributed by atoms with Gasteiger partial charge < -0.3 is 0 Å². The van der Waals surface area contributed by atoms with E-state index < -0.39 is 10.0 Å². The van der Waals surface area contributed by atoms with Crippen molar-refractivity contribution < 1.29 is 0 Å². The fourth-order valence-electron chi connectivity index (χ4n) is 5.04. The highest BCUT2D eigenvalue weighted by Gasteiger charge is 2.29. The highest BCUT2D eigenvalue weighted by molar-refractivity contribution is 8.33. The third kappa shape index (κ3) is 5.52. The summed E-state index contributed by atoms with van der Waals surface area (Å²) in [5.41, 5.74) is 4.94. The number of hydrogen-bond donors (Lipinski definition) is 0. The van der Waals surface area contributed by atoms with E-state index in [-0.39, 0.29) is 0 Å². The highest BCUT2D eigenvalue weighted by Crippen LogP contribution is 2.59. The van der Waals surface area contributed by atoms with E-state index in [2.05, 4.69) is 97.9 Å². The van der Waals surface area contributed by atoms with Gasteiger partial charge in [0.25, 0.3) is 0 Å². The molecule has 0 aliphatic carbocycles. The van der Waals surface area contributed by atoms with Crippen molar-refractivity contribution in [3.05, 3.63) is 59.8 Å². The van der Waals surface area contributed by atoms with Crippen molar-refractivity contribution in [3.8, 4) is 11.3 Å². The number of fused-ring (bicyclic) bond motifs is 1. The van der Waals surface area contributed by atoms with Crippen molar-refractivity contribution in [3.63, 3.8) is 0 Å². The molecule has 0 N–H and O–H groups in total. The van der Waals surface area contributed by atoms with E-state index in [4.69, 9.17) is 4.98 Å². The number of aryl methyl sites for hydroxylation is 2. The van der Waals surface area contributed by atoms with Gasteiger partial charge in [0.2, 0.25) is 0 Å². The standard InChI is InChI=1S/C29H41NS/c1-20(2)17-31(18-21(3)4,19-22(5)6)26-11-12-27-25(16-26)13-14-30-29(27)28-15-23(7)9-10-24(28)8/h9-16,20-22H,17-19H2,1-8H3. The van der Waals surface area contributed by atoms with Gasteiger partial charge in [0, 0.05) is 17.1 Å². The van der Waals surface area contributed by atoms with Gasteiger partial charge in [0.15, 0.2) is 0 Å². The topological polar surface area (TPSA) is 12.9 Å². The minimum absolute atomic E-state index is 0.714. The van der Waals surface area contributed by atoms with Crippen molar-refractivity contribution in [2.24, 2.45) is 17.8 Å². The summed E-state index contributed by atoms with van der Waals surface area (Å²) in [6.07, 6.45) is 1.99. The molecule has 168 valence electrons. The largest absolute Gasteiger partial charge is 0.256 e. The monoisotopic (exact) mass is 435 g/mol. The first kappa shape index (κ1) is 23.9. The van der Waals surface area contributed by atoms with Gasteiger partial charge in [0.1, 0.15) is 0 Å². The molecule has 0 saturated carbocycles. The number of benzene rings is 2. The summed E-state index contributed by atoms with van der Waals surface area (Å²) >= 11 is 0. The summed E-state index contributed by atoms with van der Waals surface area (Å²) in [5.74, 6) is 6.11. The van der Waals surface area contributed by atoms with Gasteiger partial charge in [-0.15, -0.1) is 0 Å². The first-order valence-corrected chi connectivity index (χ1v) is 14.0. The average molecular weight is 436 g/mol. The maximum Gasteiger partial charge on any atom is 0.0783 e. The van der Waals surface area contributed by atoms with Crippen molar-refractivity contribution in [2.75, 3.05) is 17.3 Å². The molecular weight excluding hydrogens is 394 g/mol. The Labute approximate surface area is 192 Å². The molecule has 0 aliphatic rings. The van der Waals surface area contributed by atoms with Crippen LogP contribution in [0.3, 0.4) is 0 Å². The lowest BCUT2D eigenvalue weighted by Crippen LogP contribution is -2.23. The quantitative estimate of drug-likeness (QED) is 0.345. The van der Waals surface area contributed by atoms with Crippen LogP contribution in [0.15, 0.2) is 53.6 Å². The lowest BCUT2D eigenvalue weighted by molar-refractivity contribution is 0.695. The minimum atomic E-state index is -0.877. The molecule has 0 bridgehead atoms. The second-order valence-corrected chi connectivity index (χ2v) is 14.1. The molecule has 0 spiro atoms. The van der Waals surface area contributed by atoms with Gasteiger partial charge in [-0.3, -0.25) is 4.98 Å². The van der Waals surface area contributed by atoms with E-state index in [1.165, 1.54) is 44.7 Å². The molecule has 1 aromatic heterocycles. The third-order valence-electron chi connectivity index (χ3n) is 5.84. The molecule has 0 atom stereocenters. The number of rotatable bonds is 8. The Hall–Kier alpha value is -1.80. The van der Waals surface area contributed by atoms with E-state index in [0.29, 0.717) is 17.8 Å². The Balaban J connectivity index is 2.18. The first-order valence-electron chi connectivity index (χ1n) is 11.8. The summed E-state index contributed by atoms with van der Waals surface area (Å²) in [4.78, 5) is 6.41. The predicted molar refractivity (Wildman–Crippen MR) is 142 cm³/mol. The van der Waals surface area contributed by atoms with Gasteiger partial charge in [-0.05, 0) is 89.0 Å². The Bertz CT molecular complexity index is 1010. The van der Waals surface area contributed by atoms with E-state index in [0.717, 1.165) is 5.69 Å². The summed E-state index contributed by atoms with van der Waals surface area (Å²) in [5, 5.41) is 2.60. The van der Waals surface area contributed by atoms with Crippen LogP contribution in [0, 0.1) is 31.6 Å². The Morgan fingerprint density at radius 1 is 0.742 bits per heavy atom. The zero-order valence-electron chi connectivity index (χ0n) is 20.8. The van der Waals surface area contributed by atoms with Gasteiger partial charge in [-0.2, -0.15) is 0 Å². The van der Waals surface area contributed by atoms with Crippen LogP contribution in [0.4, 0.5) is 0 Å². The lowest BCUT2D eigenvalue weighted by atomic mass is 9.98. The Kier molecular flexibility index (Phi) is 7.52. The molecule has 1 heterocycles. The molecule has 1 nitrogen and oxygen atoms in total. The molecular formula is C29H41NS. The van der Waals surface area contributed by atoms with E-state index in [1.807, 2.05) is 6.20 Å². The van der Waals surface area contributed by atoms with Crippen LogP contribution in [-0.4, -0.2) is 22.2 Å². The molecule has 2 heteroatoms. The van der Waals surface area contributed by atoms with E-state index in [9.17, 15) is 0 Å². The summed E-state index contributed by atoms with van der Waals surface area (Å²) in [7, 11) is -0.877. The van der Waals surface area contributed by atoms with Crippen molar-refractivity contribution in [2.45, 2.75) is 60.3 Å². The molecule has 2 aromatic carbocycles. The van der Waals surface area contributed by atoms with E-state index in [1.54, 1.807) is 4.90 Å². The van der Waals surface area contributed by atoms with Crippen LogP contribution in [0.25, 0.3) is 22.0 Å². The van der Waals surface area contributed by atoms with Crippen molar-refractivity contribution in [1.82, 2.24) is 4.98 Å². The Morgan fingerprint density at radius 3 is 1.94 bits per heavy atom. The summed E-state index contributed by atoms with van der Waals surface area (Å²) in [6.45, 7) is 18.7. The molecule has 3 rings (SSSR count). The van der Waals surface area contributed by atoms with Gasteiger partial charge >= 0.3 is 0 Å². The summed E-state index contributed by atoms with van der Waals surface area (Å²) < 4.78 is 0. The van der Waals surface area contributed by atoms with Crippen LogP contribution in [-0.2, 0) is 0 Å². The molecule has 3 aromatic rings. The minimum Gasteiger partial charge on any atom is -0.256 e. The molecule has 0 unspecified atom stereocenters. The zero-order chi connectivity index (χ0) is 22.8. The fraction of sp³-hybridized carbons (Fsp3) is 0.483. The van der Waals surface area contributed by atoms with Gasteiger partial charge in [-0.25, -0.2) is 10.0 Å². The predicted octanol–water partition coefficient (Wildman–Crippen LogP) is 8.65. The average Bonchev–Trinajstić information content (AvgIpc) is 2.67. The zero-order valence-corrected chi connectivity index (χ0v) is 21.6. The van der Waals surface area contributed by atoms with Crippen LogP contribution >= 0.6 is 10.0 Å². The SMILES string of the molecule is Cc1ccc(C)c(-c2nccc3cc(S(CC(C)C)(CC(C)C)CC(C)C)ccc23)c1. The maximum atomic E-state index is 4.82. The van der Waals surface area contributed by atoms with Crippen molar-refractivity contribution in [1.29, 1.82) is 0 Å². The number of pyridine rings is 1. The molecule has 0 radical (unpaired) electrons. The summed E-state index contributed by atoms with van der Waals surface area (Å²) in [6, 6.07) is 16.2. The fourth-order valence-corrected chi connectivity index (χ4v) is 10.6. The molecule has 0 amide bonds. The smallest absolute Gasteiger partial charge is 0.0783 e. The van der Waals surface area contributed by atoms with Crippen molar-refractivity contribution >= 4 is 20.8 Å². The molecule has 0 aliphatic heterocycles. The van der Waals surface area contributed by atoms with Crippen LogP contribution in [0.2, 0.25) is 0 Å². The normalized spacial score (nSPS) is 13.0. The van der Waals surface area contributed by atoms with Crippen LogP contribution < -0.4 is 0 Å². The molecule has 0 saturated heterocycles. The molecule has 31 heavy (non-hydrogen) atoms. The third-order valence-corrected chi connectivity index (χ3v) is 11.0. The van der Waals surface area contributed by atoms with Gasteiger partial charge in [0.05, 0.1) is 5.69 Å². The first-order chi connectivity index (χ1) is 14.6. The second kappa shape index (κ2) is 9.77. The van der Waals surface area contributed by atoms with Gasteiger partial charge in [-0.1, -0.05) is 65.3 Å². The molecule has 0 fully saturated rings. The number of nitrogens with zero attached hydrogens (tertiary/aromatic N) is 1.